The van der Waals surface area contributed by atoms with Crippen LogP contribution in [0.3, 0.4) is 0 Å². The molecule has 0 aromatic rings. The van der Waals surface area contributed by atoms with Crippen LogP contribution in [-0.2, 0) is 0 Å². The Morgan fingerprint density at radius 2 is 1.86 bits per heavy atom. The van der Waals surface area contributed by atoms with Crippen molar-refractivity contribution in [2.24, 2.45) is 5.92 Å². The lowest BCUT2D eigenvalue weighted by Gasteiger charge is -2.07. The van der Waals surface area contributed by atoms with E-state index in [9.17, 15) is 0 Å². The van der Waals surface area contributed by atoms with Crippen LogP contribution in [0, 0.1) is 5.92 Å². The first-order valence-electron chi connectivity index (χ1n) is 2.46. The Labute approximate surface area is 72.7 Å². The van der Waals surface area contributed by atoms with Gasteiger partial charge in [-0.25, -0.2) is 0 Å². The lowest BCUT2D eigenvalue weighted by atomic mass is 10.2. The second-order valence-electron chi connectivity index (χ2n) is 1.72. The minimum absolute atomic E-state index is 0.806. The summed E-state index contributed by atoms with van der Waals surface area (Å²) in [7, 11) is 0. The first-order chi connectivity index (χ1) is 3.18. The number of alkyl halides is 2. The number of hydrogen-bond donors (Lipinski definition) is 0. The van der Waals surface area contributed by atoms with Crippen LogP contribution in [0.25, 0.3) is 0 Å². The molecule has 0 N–H and O–H groups in total. The van der Waals surface area contributed by atoms with Crippen LogP contribution in [-0.4, -0.2) is 1.93 Å². The van der Waals surface area contributed by atoms with Gasteiger partial charge >= 0.3 is 0 Å². The summed E-state index contributed by atoms with van der Waals surface area (Å²) >= 11 is 4.91. The summed E-state index contributed by atoms with van der Waals surface area (Å²) in [4.78, 5) is 0. The van der Waals surface area contributed by atoms with Gasteiger partial charge in [-0.1, -0.05) is 65.5 Å². The molecule has 0 rings (SSSR count). The molecule has 0 radical (unpaired) electrons. The Kier molecular flexibility index (Phi) is 5.26. The third-order valence-corrected chi connectivity index (χ3v) is 3.53. The highest BCUT2D eigenvalue weighted by Gasteiger charge is 2.04. The highest BCUT2D eigenvalue weighted by molar-refractivity contribution is 14.2. The van der Waals surface area contributed by atoms with Crippen LogP contribution in [0.1, 0.15) is 20.3 Å². The lowest BCUT2D eigenvalue weighted by molar-refractivity contribution is 0.635. The van der Waals surface area contributed by atoms with Crippen LogP contribution < -0.4 is 0 Å². The average molecular weight is 324 g/mol. The molecule has 1 atom stereocenters. The van der Waals surface area contributed by atoms with E-state index in [4.69, 9.17) is 0 Å². The molecular weight excluding hydrogens is 314 g/mol. The van der Waals surface area contributed by atoms with Gasteiger partial charge in [0, 0.05) is 0 Å². The van der Waals surface area contributed by atoms with Crippen molar-refractivity contribution < 1.29 is 0 Å². The molecule has 0 aliphatic rings. The second-order valence-corrected chi connectivity index (χ2v) is 6.79. The topological polar surface area (TPSA) is 0 Å². The zero-order valence-electron chi connectivity index (χ0n) is 4.62. The number of hydrogen-bond acceptors (Lipinski definition) is 0. The molecule has 0 saturated carbocycles. The summed E-state index contributed by atoms with van der Waals surface area (Å²) in [6.45, 7) is 4.51. The Balaban J connectivity index is 3.14. The molecular formula is C5H10I2. The Morgan fingerprint density at radius 3 is 1.86 bits per heavy atom. The van der Waals surface area contributed by atoms with E-state index < -0.39 is 0 Å². The summed E-state index contributed by atoms with van der Waals surface area (Å²) in [5.74, 6) is 0.876. The predicted molar refractivity (Wildman–Crippen MR) is 51.3 cm³/mol. The molecule has 0 spiro atoms. The molecule has 0 aromatic carbocycles. The fourth-order valence-corrected chi connectivity index (χ4v) is 1.20. The van der Waals surface area contributed by atoms with E-state index in [1.807, 2.05) is 0 Å². The smallest absolute Gasteiger partial charge is 0.0652 e. The Hall–Kier alpha value is 1.46. The molecule has 0 saturated heterocycles. The summed E-state index contributed by atoms with van der Waals surface area (Å²) in [5.41, 5.74) is 0. The van der Waals surface area contributed by atoms with Crippen molar-refractivity contribution in [2.75, 3.05) is 0 Å². The highest BCUT2D eigenvalue weighted by Crippen LogP contribution is 2.22. The van der Waals surface area contributed by atoms with Gasteiger partial charge in [0.05, 0.1) is 1.93 Å². The molecule has 0 heterocycles. The van der Waals surface area contributed by atoms with Gasteiger partial charge in [-0.15, -0.1) is 0 Å². The van der Waals surface area contributed by atoms with Crippen LogP contribution in [0.15, 0.2) is 0 Å². The van der Waals surface area contributed by atoms with Crippen molar-refractivity contribution in [3.63, 3.8) is 0 Å². The number of halogens is 2. The third kappa shape index (κ3) is 4.00. The molecule has 1 unspecified atom stereocenters. The van der Waals surface area contributed by atoms with Crippen molar-refractivity contribution in [1.29, 1.82) is 0 Å². The molecule has 7 heavy (non-hydrogen) atoms. The van der Waals surface area contributed by atoms with Gasteiger partial charge in [-0.2, -0.15) is 0 Å². The van der Waals surface area contributed by atoms with Gasteiger partial charge < -0.3 is 0 Å². The van der Waals surface area contributed by atoms with Gasteiger partial charge in [0.1, 0.15) is 0 Å². The molecule has 0 aromatic heterocycles. The zero-order chi connectivity index (χ0) is 5.86. The standard InChI is InChI=1S/C5H10I2/c1-3-4(2)5(6)7/h4-5H,3H2,1-2H3. The van der Waals surface area contributed by atoms with Gasteiger partial charge in [0.2, 0.25) is 0 Å². The number of rotatable bonds is 2. The van der Waals surface area contributed by atoms with Crippen molar-refractivity contribution >= 4 is 45.2 Å². The van der Waals surface area contributed by atoms with E-state index in [0.717, 1.165) is 7.85 Å². The van der Waals surface area contributed by atoms with E-state index in [-0.39, 0.29) is 0 Å². The van der Waals surface area contributed by atoms with Crippen molar-refractivity contribution in [1.82, 2.24) is 0 Å². The normalized spacial score (nSPS) is 15.0. The van der Waals surface area contributed by atoms with Crippen LogP contribution in [0.4, 0.5) is 0 Å². The molecule has 0 amide bonds. The van der Waals surface area contributed by atoms with Crippen LogP contribution in [0.2, 0.25) is 0 Å². The SMILES string of the molecule is CCC(C)C(I)I. The van der Waals surface area contributed by atoms with E-state index in [1.165, 1.54) is 6.42 Å². The minimum atomic E-state index is 0.806. The molecule has 0 bridgehead atoms. The monoisotopic (exact) mass is 324 g/mol. The molecule has 0 fully saturated rings. The largest absolute Gasteiger partial charge is 0.0707 e. The quantitative estimate of drug-likeness (QED) is 0.540. The predicted octanol–water partition coefficient (Wildman–Crippen LogP) is 3.23. The van der Waals surface area contributed by atoms with E-state index in [0.29, 0.717) is 0 Å². The van der Waals surface area contributed by atoms with E-state index in [2.05, 4.69) is 59.0 Å². The molecule has 2 heteroatoms. The van der Waals surface area contributed by atoms with Crippen LogP contribution >= 0.6 is 45.2 Å². The van der Waals surface area contributed by atoms with E-state index in [1.54, 1.807) is 0 Å². The summed E-state index contributed by atoms with van der Waals surface area (Å²) in [5, 5.41) is 0. The maximum absolute atomic E-state index is 2.46. The maximum Gasteiger partial charge on any atom is 0.0652 e. The van der Waals surface area contributed by atoms with Crippen molar-refractivity contribution in [3.05, 3.63) is 0 Å². The Morgan fingerprint density at radius 1 is 1.43 bits per heavy atom. The fourth-order valence-electron chi connectivity index (χ4n) is 0.178. The lowest BCUT2D eigenvalue weighted by Crippen LogP contribution is -1.99. The van der Waals surface area contributed by atoms with E-state index >= 15 is 0 Å². The fraction of sp³-hybridized carbons (Fsp3) is 1.00. The molecule has 44 valence electrons. The van der Waals surface area contributed by atoms with Crippen molar-refractivity contribution in [2.45, 2.75) is 22.2 Å². The summed E-state index contributed by atoms with van der Waals surface area (Å²) in [6, 6.07) is 0. The molecule has 0 aliphatic carbocycles. The highest BCUT2D eigenvalue weighted by atomic mass is 127. The first kappa shape index (κ1) is 8.46. The molecule has 0 nitrogen and oxygen atoms in total. The summed E-state index contributed by atoms with van der Waals surface area (Å²) in [6.07, 6.45) is 1.30. The minimum Gasteiger partial charge on any atom is -0.0707 e. The molecule has 0 aliphatic heterocycles. The average Bonchev–Trinajstić information content (AvgIpc) is 1.65. The first-order valence-corrected chi connectivity index (χ1v) is 4.95. The third-order valence-electron chi connectivity index (χ3n) is 1.07. The van der Waals surface area contributed by atoms with Gasteiger partial charge in [0.15, 0.2) is 0 Å². The maximum atomic E-state index is 2.46. The van der Waals surface area contributed by atoms with Gasteiger partial charge in [0.25, 0.3) is 0 Å². The van der Waals surface area contributed by atoms with Crippen molar-refractivity contribution in [3.8, 4) is 0 Å². The van der Waals surface area contributed by atoms with Gasteiger partial charge in [-0.3, -0.25) is 0 Å². The zero-order valence-corrected chi connectivity index (χ0v) is 8.93. The Bertz CT molecular complexity index is 43.3. The van der Waals surface area contributed by atoms with Gasteiger partial charge in [-0.05, 0) is 5.92 Å². The second kappa shape index (κ2) is 4.35. The van der Waals surface area contributed by atoms with Crippen LogP contribution in [0.5, 0.6) is 0 Å². The summed E-state index contributed by atoms with van der Waals surface area (Å²) < 4.78 is 0.806.